The molecule has 6 aromatic carbocycles. The van der Waals surface area contributed by atoms with Crippen molar-refractivity contribution in [2.45, 2.75) is 0 Å². The minimum absolute atomic E-state index is 0.987. The molecule has 0 fully saturated rings. The fourth-order valence-electron chi connectivity index (χ4n) is 7.47. The smallest absolute Gasteiger partial charge is 0.0723 e. The van der Waals surface area contributed by atoms with Gasteiger partial charge in [-0.2, -0.15) is 0 Å². The van der Waals surface area contributed by atoms with Crippen molar-refractivity contribution < 1.29 is 0 Å². The van der Waals surface area contributed by atoms with E-state index in [2.05, 4.69) is 131 Å². The van der Waals surface area contributed by atoms with E-state index in [0.29, 0.717) is 0 Å². The van der Waals surface area contributed by atoms with Crippen LogP contribution in [0.5, 0.6) is 0 Å². The molecule has 9 aromatic rings. The molecule has 0 N–H and O–H groups in total. The Balaban J connectivity index is 1.12. The third-order valence-corrected chi connectivity index (χ3v) is 9.48. The number of hydrogen-bond acceptors (Lipinski definition) is 2. The first-order valence-corrected chi connectivity index (χ1v) is 15.3. The molecular formula is C42H25N3. The van der Waals surface area contributed by atoms with Crippen molar-refractivity contribution in [3.8, 4) is 50.2 Å². The first-order chi connectivity index (χ1) is 22.3. The Morgan fingerprint density at radius 3 is 2.00 bits per heavy atom. The Morgan fingerprint density at radius 2 is 1.16 bits per heavy atom. The summed E-state index contributed by atoms with van der Waals surface area (Å²) in [5.74, 6) is 0. The topological polar surface area (TPSA) is 30.7 Å². The van der Waals surface area contributed by atoms with Crippen molar-refractivity contribution in [1.82, 2.24) is 14.5 Å². The van der Waals surface area contributed by atoms with Crippen LogP contribution >= 0.6 is 0 Å². The average Bonchev–Trinajstić information content (AvgIpc) is 3.63. The summed E-state index contributed by atoms with van der Waals surface area (Å²) >= 11 is 0. The maximum atomic E-state index is 4.84. The number of para-hydroxylation sites is 1. The lowest BCUT2D eigenvalue weighted by Crippen LogP contribution is -1.95. The number of benzene rings is 6. The molecule has 3 aromatic heterocycles. The van der Waals surface area contributed by atoms with Gasteiger partial charge in [-0.15, -0.1) is 0 Å². The van der Waals surface area contributed by atoms with Crippen LogP contribution in [0.2, 0.25) is 0 Å². The number of nitrogens with zero attached hydrogens (tertiary/aromatic N) is 3. The van der Waals surface area contributed by atoms with Crippen LogP contribution in [-0.4, -0.2) is 14.5 Å². The molecule has 0 spiro atoms. The van der Waals surface area contributed by atoms with Crippen molar-refractivity contribution in [2.75, 3.05) is 0 Å². The van der Waals surface area contributed by atoms with Crippen molar-refractivity contribution >= 4 is 43.5 Å². The van der Waals surface area contributed by atoms with E-state index in [1.165, 1.54) is 60.7 Å². The van der Waals surface area contributed by atoms with Gasteiger partial charge < -0.3 is 4.57 Å². The van der Waals surface area contributed by atoms with Crippen LogP contribution in [0, 0.1) is 0 Å². The molecule has 0 saturated heterocycles. The Morgan fingerprint density at radius 1 is 0.444 bits per heavy atom. The summed E-state index contributed by atoms with van der Waals surface area (Å²) < 4.78 is 2.32. The van der Waals surface area contributed by atoms with Gasteiger partial charge in [0.1, 0.15) is 0 Å². The molecule has 45 heavy (non-hydrogen) atoms. The normalized spacial score (nSPS) is 12.0. The van der Waals surface area contributed by atoms with Crippen LogP contribution in [0.15, 0.2) is 152 Å². The summed E-state index contributed by atoms with van der Waals surface area (Å²) in [6.45, 7) is 0. The molecule has 0 aliphatic heterocycles. The maximum Gasteiger partial charge on any atom is 0.0723 e. The molecule has 3 heteroatoms. The van der Waals surface area contributed by atoms with Crippen molar-refractivity contribution in [3.63, 3.8) is 0 Å². The van der Waals surface area contributed by atoms with Crippen molar-refractivity contribution in [3.05, 3.63) is 152 Å². The van der Waals surface area contributed by atoms with E-state index in [-0.39, 0.29) is 0 Å². The lowest BCUT2D eigenvalue weighted by atomic mass is 9.93. The molecule has 3 nitrogen and oxygen atoms in total. The highest BCUT2D eigenvalue weighted by Crippen LogP contribution is 2.49. The van der Waals surface area contributed by atoms with E-state index in [9.17, 15) is 0 Å². The standard InChI is InChI=1S/C42H25N3/c1-2-9-32-31(8-1)34-12-5-11-33-30(19-20-35(32)41(33)34)27-16-14-26(15-17-27)28-18-21-40-37(23-28)38-25-44-39-13-4-3-10-36(39)42(38)45(40)29-7-6-22-43-24-29/h1-25H. The molecule has 0 saturated carbocycles. The summed E-state index contributed by atoms with van der Waals surface area (Å²) in [5, 5.41) is 6.12. The van der Waals surface area contributed by atoms with E-state index in [0.717, 1.165) is 33.0 Å². The van der Waals surface area contributed by atoms with Gasteiger partial charge in [0.2, 0.25) is 0 Å². The third kappa shape index (κ3) is 3.46. The van der Waals surface area contributed by atoms with Gasteiger partial charge in [0, 0.05) is 28.6 Å². The number of fused-ring (bicyclic) bond motifs is 8. The Hall–Kier alpha value is -6.06. The highest BCUT2D eigenvalue weighted by Gasteiger charge is 2.22. The van der Waals surface area contributed by atoms with Gasteiger partial charge in [-0.25, -0.2) is 0 Å². The first kappa shape index (κ1) is 24.4. The summed E-state index contributed by atoms with van der Waals surface area (Å²) in [6, 6.07) is 48.3. The molecule has 1 aliphatic rings. The van der Waals surface area contributed by atoms with Crippen LogP contribution in [0.25, 0.3) is 93.7 Å². The largest absolute Gasteiger partial charge is 0.307 e. The Labute approximate surface area is 259 Å². The minimum Gasteiger partial charge on any atom is -0.307 e. The molecule has 0 atom stereocenters. The van der Waals surface area contributed by atoms with Gasteiger partial charge in [-0.3, -0.25) is 9.97 Å². The second-order valence-corrected chi connectivity index (χ2v) is 11.8. The number of pyridine rings is 2. The minimum atomic E-state index is 0.987. The van der Waals surface area contributed by atoms with Gasteiger partial charge in [-0.05, 0) is 85.6 Å². The monoisotopic (exact) mass is 571 g/mol. The summed E-state index contributed by atoms with van der Waals surface area (Å²) in [4.78, 5) is 9.28. The summed E-state index contributed by atoms with van der Waals surface area (Å²) in [6.07, 6.45) is 5.77. The Kier molecular flexibility index (Phi) is 5.00. The zero-order valence-electron chi connectivity index (χ0n) is 24.3. The highest BCUT2D eigenvalue weighted by atomic mass is 15.0. The molecule has 1 aliphatic carbocycles. The number of aromatic nitrogens is 3. The SMILES string of the molecule is c1cncc(-n2c3ccc(-c4ccc(-c5ccc6c7c(cccc57)-c5ccccc5-6)cc4)cc3c3cnc4ccccc4c32)c1. The molecule has 10 rings (SSSR count). The maximum absolute atomic E-state index is 4.84. The van der Waals surface area contributed by atoms with Gasteiger partial charge in [0.15, 0.2) is 0 Å². The van der Waals surface area contributed by atoms with Crippen LogP contribution in [0.3, 0.4) is 0 Å². The van der Waals surface area contributed by atoms with E-state index >= 15 is 0 Å². The van der Waals surface area contributed by atoms with Crippen LogP contribution in [-0.2, 0) is 0 Å². The fraction of sp³-hybridized carbons (Fsp3) is 0. The fourth-order valence-corrected chi connectivity index (χ4v) is 7.47. The molecular weight excluding hydrogens is 546 g/mol. The van der Waals surface area contributed by atoms with Crippen LogP contribution in [0.1, 0.15) is 0 Å². The van der Waals surface area contributed by atoms with E-state index in [1.807, 2.05) is 30.7 Å². The molecule has 0 amide bonds. The average molecular weight is 572 g/mol. The van der Waals surface area contributed by atoms with E-state index in [1.54, 1.807) is 0 Å². The number of rotatable bonds is 3. The lowest BCUT2D eigenvalue weighted by molar-refractivity contribution is 1.14. The molecule has 208 valence electrons. The second-order valence-electron chi connectivity index (χ2n) is 11.8. The molecule has 0 radical (unpaired) electrons. The molecule has 0 unspecified atom stereocenters. The van der Waals surface area contributed by atoms with Gasteiger partial charge in [-0.1, -0.05) is 103 Å². The summed E-state index contributed by atoms with van der Waals surface area (Å²) in [7, 11) is 0. The predicted octanol–water partition coefficient (Wildman–Crippen LogP) is 10.9. The Bertz CT molecular complexity index is 2600. The van der Waals surface area contributed by atoms with Gasteiger partial charge in [0.05, 0.1) is 28.4 Å². The van der Waals surface area contributed by atoms with Crippen molar-refractivity contribution in [2.24, 2.45) is 0 Å². The lowest BCUT2D eigenvalue weighted by Gasteiger charge is -2.11. The number of hydrogen-bond donors (Lipinski definition) is 0. The predicted molar refractivity (Wildman–Crippen MR) is 187 cm³/mol. The highest BCUT2D eigenvalue weighted by molar-refractivity contribution is 6.19. The quantitative estimate of drug-likeness (QED) is 0.211. The van der Waals surface area contributed by atoms with Gasteiger partial charge >= 0.3 is 0 Å². The zero-order chi connectivity index (χ0) is 29.5. The van der Waals surface area contributed by atoms with Gasteiger partial charge in [0.25, 0.3) is 0 Å². The van der Waals surface area contributed by atoms with Crippen LogP contribution < -0.4 is 0 Å². The van der Waals surface area contributed by atoms with Crippen LogP contribution in [0.4, 0.5) is 0 Å². The van der Waals surface area contributed by atoms with Crippen molar-refractivity contribution in [1.29, 1.82) is 0 Å². The first-order valence-electron chi connectivity index (χ1n) is 15.3. The summed E-state index contributed by atoms with van der Waals surface area (Å²) in [5.41, 5.74) is 14.5. The molecule has 3 heterocycles. The second kappa shape index (κ2) is 9.22. The molecule has 0 bridgehead atoms. The van der Waals surface area contributed by atoms with E-state index in [4.69, 9.17) is 4.98 Å². The zero-order valence-corrected chi connectivity index (χ0v) is 24.3. The van der Waals surface area contributed by atoms with E-state index < -0.39 is 0 Å². The third-order valence-electron chi connectivity index (χ3n) is 9.48.